The normalized spacial score (nSPS) is 14.4. The molecule has 108 valence electrons. The molecule has 1 rings (SSSR count). The summed E-state index contributed by atoms with van der Waals surface area (Å²) in [5.74, 6) is -1.70. The number of benzene rings is 1. The Morgan fingerprint density at radius 2 is 1.79 bits per heavy atom. The number of aryl methyl sites for hydroxylation is 1. The van der Waals surface area contributed by atoms with Crippen molar-refractivity contribution in [2.75, 3.05) is 6.54 Å². The Hall–Kier alpha value is -1.04. The van der Waals surface area contributed by atoms with Crippen LogP contribution in [0.2, 0.25) is 0 Å². The molecular formula is C14H21F2NO2. The predicted molar refractivity (Wildman–Crippen MR) is 69.7 cm³/mol. The molecule has 1 aromatic rings. The summed E-state index contributed by atoms with van der Waals surface area (Å²) in [4.78, 5) is 0. The largest absolute Gasteiger partial charge is 0.390 e. The minimum atomic E-state index is -0.858. The maximum Gasteiger partial charge on any atom is 0.159 e. The van der Waals surface area contributed by atoms with Crippen LogP contribution in [0, 0.1) is 18.6 Å². The van der Waals surface area contributed by atoms with Crippen molar-refractivity contribution in [3.63, 3.8) is 0 Å². The number of aliphatic hydroxyl groups is 2. The highest BCUT2D eigenvalue weighted by Crippen LogP contribution is 2.14. The van der Waals surface area contributed by atoms with Gasteiger partial charge in [0.05, 0.1) is 12.2 Å². The summed E-state index contributed by atoms with van der Waals surface area (Å²) in [7, 11) is 0. The van der Waals surface area contributed by atoms with Crippen LogP contribution in [0.3, 0.4) is 0 Å². The first kappa shape index (κ1) is 16.0. The lowest BCUT2D eigenvalue weighted by Crippen LogP contribution is -2.29. The molecule has 0 aliphatic carbocycles. The topological polar surface area (TPSA) is 52.5 Å². The first-order valence-corrected chi connectivity index (χ1v) is 6.47. The first-order valence-electron chi connectivity index (χ1n) is 6.47. The van der Waals surface area contributed by atoms with E-state index in [9.17, 15) is 19.0 Å². The molecule has 0 saturated heterocycles. The summed E-state index contributed by atoms with van der Waals surface area (Å²) in [6.45, 7) is 4.41. The van der Waals surface area contributed by atoms with Crippen LogP contribution in [-0.4, -0.2) is 29.0 Å². The Morgan fingerprint density at radius 3 is 2.42 bits per heavy atom. The predicted octanol–water partition coefficient (Wildman–Crippen LogP) is 1.88. The van der Waals surface area contributed by atoms with Gasteiger partial charge in [0.25, 0.3) is 0 Å². The lowest BCUT2D eigenvalue weighted by atomic mass is 10.1. The smallest absolute Gasteiger partial charge is 0.159 e. The average molecular weight is 273 g/mol. The second-order valence-corrected chi connectivity index (χ2v) is 4.70. The van der Waals surface area contributed by atoms with E-state index in [0.717, 1.165) is 0 Å². The van der Waals surface area contributed by atoms with E-state index in [1.807, 2.05) is 0 Å². The third-order valence-electron chi connectivity index (χ3n) is 3.17. The molecule has 0 radical (unpaired) electrons. The fourth-order valence-electron chi connectivity index (χ4n) is 1.82. The molecule has 19 heavy (non-hydrogen) atoms. The van der Waals surface area contributed by atoms with Crippen molar-refractivity contribution in [2.24, 2.45) is 0 Å². The highest BCUT2D eigenvalue weighted by Gasteiger charge is 2.13. The maximum atomic E-state index is 13.1. The van der Waals surface area contributed by atoms with Crippen LogP contribution in [0.4, 0.5) is 8.78 Å². The number of rotatable bonds is 7. The minimum Gasteiger partial charge on any atom is -0.390 e. The molecule has 3 nitrogen and oxygen atoms in total. The van der Waals surface area contributed by atoms with Gasteiger partial charge in [-0.15, -0.1) is 0 Å². The zero-order valence-electron chi connectivity index (χ0n) is 11.3. The fraction of sp³-hybridized carbons (Fsp3) is 0.571. The average Bonchev–Trinajstić information content (AvgIpc) is 2.38. The molecular weight excluding hydrogens is 252 g/mol. The Kier molecular flexibility index (Phi) is 6.34. The standard InChI is InChI=1S/C14H21F2NO2/c1-3-13(18)14(19)4-5-17-8-10-7-12(16)11(15)6-9(10)2/h6-7,13-14,17-19H,3-5,8H2,1-2H3. The lowest BCUT2D eigenvalue weighted by Gasteiger charge is -2.16. The van der Waals surface area contributed by atoms with Crippen LogP contribution >= 0.6 is 0 Å². The van der Waals surface area contributed by atoms with Gasteiger partial charge in [-0.05, 0) is 49.6 Å². The summed E-state index contributed by atoms with van der Waals surface area (Å²) >= 11 is 0. The highest BCUT2D eigenvalue weighted by molar-refractivity contribution is 5.27. The molecule has 0 bridgehead atoms. The fourth-order valence-corrected chi connectivity index (χ4v) is 1.82. The maximum absolute atomic E-state index is 13.1. The number of hydrogen-bond acceptors (Lipinski definition) is 3. The van der Waals surface area contributed by atoms with E-state index in [1.165, 1.54) is 12.1 Å². The third-order valence-corrected chi connectivity index (χ3v) is 3.17. The van der Waals surface area contributed by atoms with Crippen molar-refractivity contribution >= 4 is 0 Å². The van der Waals surface area contributed by atoms with Gasteiger partial charge in [0.15, 0.2) is 11.6 Å². The van der Waals surface area contributed by atoms with Crippen molar-refractivity contribution in [3.05, 3.63) is 34.9 Å². The molecule has 0 aliphatic heterocycles. The number of halogens is 2. The lowest BCUT2D eigenvalue weighted by molar-refractivity contribution is 0.0131. The first-order chi connectivity index (χ1) is 8.95. The van der Waals surface area contributed by atoms with Crippen molar-refractivity contribution in [3.8, 4) is 0 Å². The Balaban J connectivity index is 2.40. The van der Waals surface area contributed by atoms with E-state index in [4.69, 9.17) is 0 Å². The highest BCUT2D eigenvalue weighted by atomic mass is 19.2. The molecule has 0 spiro atoms. The van der Waals surface area contributed by atoms with Crippen molar-refractivity contribution in [2.45, 2.75) is 45.4 Å². The van der Waals surface area contributed by atoms with Crippen LogP contribution in [0.5, 0.6) is 0 Å². The number of hydrogen-bond donors (Lipinski definition) is 3. The van der Waals surface area contributed by atoms with E-state index in [2.05, 4.69) is 5.32 Å². The minimum absolute atomic E-state index is 0.401. The Morgan fingerprint density at radius 1 is 1.16 bits per heavy atom. The van der Waals surface area contributed by atoms with E-state index < -0.39 is 23.8 Å². The van der Waals surface area contributed by atoms with Gasteiger partial charge in [0, 0.05) is 6.54 Å². The SMILES string of the molecule is CCC(O)C(O)CCNCc1cc(F)c(F)cc1C. The Labute approximate surface area is 112 Å². The molecule has 3 N–H and O–H groups in total. The molecule has 5 heteroatoms. The van der Waals surface area contributed by atoms with Crippen LogP contribution < -0.4 is 5.32 Å². The summed E-state index contributed by atoms with van der Waals surface area (Å²) < 4.78 is 26.0. The van der Waals surface area contributed by atoms with Crippen LogP contribution in [0.1, 0.15) is 30.9 Å². The zero-order valence-corrected chi connectivity index (χ0v) is 11.3. The van der Waals surface area contributed by atoms with Crippen LogP contribution in [0.25, 0.3) is 0 Å². The van der Waals surface area contributed by atoms with Gasteiger partial charge in [-0.1, -0.05) is 6.92 Å². The van der Waals surface area contributed by atoms with Gasteiger partial charge in [0.1, 0.15) is 0 Å². The Bertz CT molecular complexity index is 413. The van der Waals surface area contributed by atoms with Crippen LogP contribution in [-0.2, 0) is 6.54 Å². The van der Waals surface area contributed by atoms with Crippen molar-refractivity contribution < 1.29 is 19.0 Å². The summed E-state index contributed by atoms with van der Waals surface area (Å²) in [5, 5.41) is 22.0. The quantitative estimate of drug-likeness (QED) is 0.665. The second-order valence-electron chi connectivity index (χ2n) is 4.70. The van der Waals surface area contributed by atoms with Crippen molar-refractivity contribution in [1.29, 1.82) is 0 Å². The van der Waals surface area contributed by atoms with E-state index in [1.54, 1.807) is 13.8 Å². The molecule has 0 amide bonds. The summed E-state index contributed by atoms with van der Waals surface area (Å²) in [5.41, 5.74) is 1.37. The molecule has 2 unspecified atom stereocenters. The van der Waals surface area contributed by atoms with Gasteiger partial charge in [0.2, 0.25) is 0 Å². The monoisotopic (exact) mass is 273 g/mol. The van der Waals surface area contributed by atoms with Gasteiger partial charge >= 0.3 is 0 Å². The molecule has 0 saturated carbocycles. The van der Waals surface area contributed by atoms with Crippen LogP contribution in [0.15, 0.2) is 12.1 Å². The van der Waals surface area contributed by atoms with E-state index in [-0.39, 0.29) is 0 Å². The molecule has 0 aliphatic rings. The van der Waals surface area contributed by atoms with Gasteiger partial charge in [-0.2, -0.15) is 0 Å². The van der Waals surface area contributed by atoms with Gasteiger partial charge in [-0.25, -0.2) is 8.78 Å². The summed E-state index contributed by atoms with van der Waals surface area (Å²) in [6.07, 6.45) is -0.559. The van der Waals surface area contributed by atoms with Gasteiger partial charge < -0.3 is 15.5 Å². The van der Waals surface area contributed by atoms with E-state index in [0.29, 0.717) is 37.1 Å². The number of aliphatic hydroxyl groups excluding tert-OH is 2. The zero-order chi connectivity index (χ0) is 14.4. The molecule has 0 heterocycles. The molecule has 0 fully saturated rings. The summed E-state index contributed by atoms with van der Waals surface area (Å²) in [6, 6.07) is 2.34. The van der Waals surface area contributed by atoms with Gasteiger partial charge in [-0.3, -0.25) is 0 Å². The van der Waals surface area contributed by atoms with Crippen molar-refractivity contribution in [1.82, 2.24) is 5.32 Å². The molecule has 0 aromatic heterocycles. The third kappa shape index (κ3) is 4.86. The molecule has 2 atom stereocenters. The molecule has 1 aromatic carbocycles. The second kappa shape index (κ2) is 7.53. The number of nitrogens with one attached hydrogen (secondary N) is 1. The van der Waals surface area contributed by atoms with E-state index >= 15 is 0 Å².